The molecule has 0 unspecified atom stereocenters. The number of benzene rings is 1. The van der Waals surface area contributed by atoms with E-state index in [4.69, 9.17) is 0 Å². The predicted molar refractivity (Wildman–Crippen MR) is 35.8 cm³/mol. The van der Waals surface area contributed by atoms with Crippen molar-refractivity contribution < 1.29 is 25.2 Å². The third-order valence-electron chi connectivity index (χ3n) is 0.969. The largest absolute Gasteiger partial charge is 0.490 e. The Hall–Kier alpha value is -0.648. The molecule has 1 N–H and O–H groups in total. The zero-order valence-corrected chi connectivity index (χ0v) is 7.89. The molecule has 1 aromatic rings. The molecule has 0 saturated heterocycles. The van der Waals surface area contributed by atoms with E-state index in [1.165, 1.54) is 0 Å². The summed E-state index contributed by atoms with van der Waals surface area (Å²) in [6, 6.07) is 9.17. The Morgan fingerprint density at radius 2 is 1.80 bits per heavy atom. The average Bonchev–Trinajstić information content (AvgIpc) is 1.91. The second-order valence-electron chi connectivity index (χ2n) is 1.59. The van der Waals surface area contributed by atoms with Crippen LogP contribution in [0, 0.1) is 0 Å². The topological polar surface area (TPSA) is 29.1 Å². The number of hydrogen-bond acceptors (Lipinski definition) is 1. The molecule has 0 aliphatic heterocycles. The number of amides is 1. The van der Waals surface area contributed by atoms with Gasteiger partial charge < -0.3 is 10.1 Å². The van der Waals surface area contributed by atoms with Crippen molar-refractivity contribution in [1.82, 2.24) is 0 Å². The van der Waals surface area contributed by atoms with Gasteiger partial charge in [-0.2, -0.15) is 0 Å². The first-order valence-corrected chi connectivity index (χ1v) is 2.61. The summed E-state index contributed by atoms with van der Waals surface area (Å²) in [7, 11) is 0. The van der Waals surface area contributed by atoms with Gasteiger partial charge in [0.2, 0.25) is 0 Å². The number of hydrogen-bond donors (Lipinski definition) is 1. The molecule has 0 spiro atoms. The molecule has 1 aromatic carbocycles. The zero-order chi connectivity index (χ0) is 6.53. The molecule has 0 fully saturated rings. The van der Waals surface area contributed by atoms with Gasteiger partial charge in [0.1, 0.15) is 0 Å². The van der Waals surface area contributed by atoms with Gasteiger partial charge in [-0.1, -0.05) is 18.2 Å². The number of rotatable bonds is 2. The molecular formula is C7H6NORe-. The Morgan fingerprint density at radius 3 is 2.30 bits per heavy atom. The maximum absolute atomic E-state index is 9.74. The molecule has 1 amide bonds. The minimum atomic E-state index is 0. The van der Waals surface area contributed by atoms with E-state index in [-0.39, 0.29) is 20.4 Å². The predicted octanol–water partition coefficient (Wildman–Crippen LogP) is 1.16. The van der Waals surface area contributed by atoms with Crippen LogP contribution in [-0.2, 0) is 25.2 Å². The zero-order valence-electron chi connectivity index (χ0n) is 5.17. The van der Waals surface area contributed by atoms with Crippen molar-refractivity contribution in [3.8, 4) is 0 Å². The first-order valence-electron chi connectivity index (χ1n) is 2.61. The van der Waals surface area contributed by atoms with Crippen molar-refractivity contribution >= 4 is 12.1 Å². The fraction of sp³-hybridized carbons (Fsp3) is 0. The van der Waals surface area contributed by atoms with Gasteiger partial charge in [0.15, 0.2) is 0 Å². The van der Waals surface area contributed by atoms with Gasteiger partial charge in [-0.15, -0.1) is 17.8 Å². The SMILES string of the molecule is O=[C-]Nc1ccccc1.[Re]. The van der Waals surface area contributed by atoms with Gasteiger partial charge in [-0.25, -0.2) is 0 Å². The first-order chi connectivity index (χ1) is 4.43. The Labute approximate surface area is 73.3 Å². The van der Waals surface area contributed by atoms with Gasteiger partial charge in [0, 0.05) is 20.4 Å². The van der Waals surface area contributed by atoms with E-state index in [9.17, 15) is 4.79 Å². The quantitative estimate of drug-likeness (QED) is 0.645. The second kappa shape index (κ2) is 5.16. The number of nitrogens with one attached hydrogen (secondary N) is 1. The molecule has 0 aliphatic rings. The van der Waals surface area contributed by atoms with Crippen molar-refractivity contribution in [2.75, 3.05) is 5.32 Å². The van der Waals surface area contributed by atoms with E-state index in [1.807, 2.05) is 18.2 Å². The van der Waals surface area contributed by atoms with Crippen LogP contribution >= 0.6 is 0 Å². The molecule has 3 heteroatoms. The van der Waals surface area contributed by atoms with E-state index >= 15 is 0 Å². The summed E-state index contributed by atoms with van der Waals surface area (Å²) >= 11 is 0. The molecule has 0 heterocycles. The molecule has 1 rings (SSSR count). The monoisotopic (exact) mass is 307 g/mol. The summed E-state index contributed by atoms with van der Waals surface area (Å²) in [5.41, 5.74) is 0.771. The van der Waals surface area contributed by atoms with Crippen LogP contribution in [0.15, 0.2) is 30.3 Å². The van der Waals surface area contributed by atoms with Gasteiger partial charge in [-0.3, -0.25) is 0 Å². The smallest absolute Gasteiger partial charge is 0.0692 e. The van der Waals surface area contributed by atoms with Crippen molar-refractivity contribution in [2.24, 2.45) is 0 Å². The standard InChI is InChI=1S/C7H6NO.Re/c9-6-8-7-4-2-1-3-5-7;/h1-5H,(H,8,9);/q-1;. The number of para-hydroxylation sites is 1. The van der Waals surface area contributed by atoms with Crippen molar-refractivity contribution in [3.05, 3.63) is 30.3 Å². The molecule has 10 heavy (non-hydrogen) atoms. The van der Waals surface area contributed by atoms with Crippen molar-refractivity contribution in [1.29, 1.82) is 0 Å². The summed E-state index contributed by atoms with van der Waals surface area (Å²) in [5.74, 6) is 0. The Kier molecular flexibility index (Phi) is 4.83. The number of carbonyl (C=O) groups excluding carboxylic acids is 1. The fourth-order valence-corrected chi connectivity index (χ4v) is 0.580. The van der Waals surface area contributed by atoms with Crippen molar-refractivity contribution in [2.45, 2.75) is 0 Å². The third-order valence-corrected chi connectivity index (χ3v) is 0.969. The molecular weight excluding hydrogens is 300 g/mol. The van der Waals surface area contributed by atoms with Gasteiger partial charge in [-0.05, 0) is 0 Å². The molecule has 0 saturated carbocycles. The van der Waals surface area contributed by atoms with Crippen LogP contribution in [0.4, 0.5) is 5.69 Å². The minimum Gasteiger partial charge on any atom is -0.490 e. The second-order valence-corrected chi connectivity index (χ2v) is 1.59. The summed E-state index contributed by atoms with van der Waals surface area (Å²) in [4.78, 5) is 9.74. The molecule has 1 radical (unpaired) electrons. The van der Waals surface area contributed by atoms with Crippen LogP contribution in [-0.4, -0.2) is 6.41 Å². The van der Waals surface area contributed by atoms with E-state index in [0.717, 1.165) is 5.69 Å². The van der Waals surface area contributed by atoms with E-state index < -0.39 is 0 Å². The first kappa shape index (κ1) is 9.35. The normalized spacial score (nSPS) is 7.60. The Morgan fingerprint density at radius 1 is 1.20 bits per heavy atom. The molecule has 0 atom stereocenters. The maximum atomic E-state index is 9.74. The van der Waals surface area contributed by atoms with Crippen molar-refractivity contribution in [3.63, 3.8) is 0 Å². The summed E-state index contributed by atoms with van der Waals surface area (Å²) in [5, 5.41) is 2.40. The van der Waals surface area contributed by atoms with Gasteiger partial charge in [0.25, 0.3) is 0 Å². The molecule has 0 bridgehead atoms. The molecule has 0 aromatic heterocycles. The van der Waals surface area contributed by atoms with Crippen LogP contribution < -0.4 is 5.32 Å². The minimum absolute atomic E-state index is 0. The Balaban J connectivity index is 0.000000810. The van der Waals surface area contributed by atoms with E-state index in [0.29, 0.717) is 0 Å². The van der Waals surface area contributed by atoms with Gasteiger partial charge >= 0.3 is 0 Å². The van der Waals surface area contributed by atoms with E-state index in [2.05, 4.69) is 5.32 Å². The summed E-state index contributed by atoms with van der Waals surface area (Å²) < 4.78 is 0. The van der Waals surface area contributed by atoms with Crippen LogP contribution in [0.1, 0.15) is 0 Å². The number of anilines is 1. The fourth-order valence-electron chi connectivity index (χ4n) is 0.580. The van der Waals surface area contributed by atoms with E-state index in [1.54, 1.807) is 18.5 Å². The summed E-state index contributed by atoms with van der Waals surface area (Å²) in [6.45, 7) is 0. The molecule has 2 nitrogen and oxygen atoms in total. The molecule has 0 aliphatic carbocycles. The van der Waals surface area contributed by atoms with Crippen LogP contribution in [0.3, 0.4) is 0 Å². The van der Waals surface area contributed by atoms with Crippen LogP contribution in [0.5, 0.6) is 0 Å². The van der Waals surface area contributed by atoms with Crippen LogP contribution in [0.25, 0.3) is 0 Å². The summed E-state index contributed by atoms with van der Waals surface area (Å²) in [6.07, 6.45) is 1.58. The average molecular weight is 306 g/mol. The van der Waals surface area contributed by atoms with Crippen LogP contribution in [0.2, 0.25) is 0 Å². The Bertz CT molecular complexity index is 188. The molecule has 53 valence electrons. The third kappa shape index (κ3) is 2.77. The van der Waals surface area contributed by atoms with Gasteiger partial charge in [0.05, 0.1) is 6.41 Å². The maximum Gasteiger partial charge on any atom is 0.0692 e.